The summed E-state index contributed by atoms with van der Waals surface area (Å²) in [6.45, 7) is 1.68. The molecule has 5 nitrogen and oxygen atoms in total. The van der Waals surface area contributed by atoms with E-state index in [-0.39, 0.29) is 10.8 Å². The highest BCUT2D eigenvalue weighted by Gasteiger charge is 2.24. The molecule has 0 saturated carbocycles. The van der Waals surface area contributed by atoms with Gasteiger partial charge in [-0.15, -0.1) is 11.3 Å². The van der Waals surface area contributed by atoms with E-state index in [1.807, 2.05) is 0 Å². The Hall–Kier alpha value is -2.23. The zero-order valence-electron chi connectivity index (χ0n) is 13.9. The molecule has 0 fully saturated rings. The lowest BCUT2D eigenvalue weighted by Gasteiger charge is -2.18. The van der Waals surface area contributed by atoms with Crippen LogP contribution in [0.4, 0.5) is 19.6 Å². The van der Waals surface area contributed by atoms with Crippen molar-refractivity contribution in [3.8, 4) is 0 Å². The summed E-state index contributed by atoms with van der Waals surface area (Å²) in [5.41, 5.74) is 0.522. The van der Waals surface area contributed by atoms with Gasteiger partial charge in [0.05, 0.1) is 11.7 Å². The van der Waals surface area contributed by atoms with E-state index in [2.05, 4.69) is 15.0 Å². The van der Waals surface area contributed by atoms with E-state index < -0.39 is 37.6 Å². The molecule has 0 aliphatic carbocycles. The summed E-state index contributed by atoms with van der Waals surface area (Å²) in [6, 6.07) is 8.06. The third-order valence-corrected chi connectivity index (χ3v) is 6.28. The van der Waals surface area contributed by atoms with E-state index in [1.54, 1.807) is 30.5 Å². The average molecular weight is 430 g/mol. The largest absolute Gasteiger partial charge is 0.377 e. The molecule has 142 valence electrons. The van der Waals surface area contributed by atoms with Gasteiger partial charge in [-0.3, -0.25) is 4.72 Å². The normalized spacial score (nSPS) is 12.6. The molecule has 3 rings (SSSR count). The van der Waals surface area contributed by atoms with Crippen LogP contribution in [0.5, 0.6) is 0 Å². The zero-order chi connectivity index (χ0) is 19.6. The summed E-state index contributed by atoms with van der Waals surface area (Å²) < 4.78 is 55.4. The third-order valence-electron chi connectivity index (χ3n) is 3.73. The highest BCUT2D eigenvalue weighted by molar-refractivity contribution is 7.93. The number of hydrogen-bond acceptors (Lipinski definition) is 5. The molecule has 2 aromatic carbocycles. The smallest absolute Gasteiger partial charge is 0.266 e. The molecule has 1 atom stereocenters. The van der Waals surface area contributed by atoms with Crippen molar-refractivity contribution >= 4 is 43.8 Å². The van der Waals surface area contributed by atoms with Crippen molar-refractivity contribution in [2.75, 3.05) is 10.0 Å². The number of thiazole rings is 1. The predicted molar refractivity (Wildman–Crippen MR) is 103 cm³/mol. The van der Waals surface area contributed by atoms with Crippen LogP contribution in [0.25, 0.3) is 0 Å². The molecule has 27 heavy (non-hydrogen) atoms. The minimum absolute atomic E-state index is 0.112. The quantitative estimate of drug-likeness (QED) is 0.575. The van der Waals surface area contributed by atoms with Crippen LogP contribution in [0.1, 0.15) is 18.5 Å². The van der Waals surface area contributed by atoms with Crippen molar-refractivity contribution in [2.24, 2.45) is 0 Å². The first-order valence-corrected chi connectivity index (χ1v) is 10.4. The molecule has 1 aromatic heterocycles. The molecule has 0 spiro atoms. The molecule has 0 bridgehead atoms. The molecule has 0 aliphatic heterocycles. The van der Waals surface area contributed by atoms with Gasteiger partial charge in [0.15, 0.2) is 10.9 Å². The Kier molecular flexibility index (Phi) is 5.64. The highest BCUT2D eigenvalue weighted by Crippen LogP contribution is 2.33. The second kappa shape index (κ2) is 7.79. The van der Waals surface area contributed by atoms with Gasteiger partial charge in [-0.2, -0.15) is 0 Å². The molecule has 0 amide bonds. The van der Waals surface area contributed by atoms with E-state index in [1.165, 1.54) is 18.3 Å². The molecule has 1 heterocycles. The number of benzene rings is 2. The van der Waals surface area contributed by atoms with Crippen LogP contribution in [0.3, 0.4) is 0 Å². The molecule has 0 unspecified atom stereocenters. The predicted octanol–water partition coefficient (Wildman–Crippen LogP) is 5.05. The SMILES string of the molecule is C[C@H](Nc1ccc(S(=O)(=O)Nc2nccs2)c(F)c1Cl)c1ccccc1F. The number of aromatic nitrogens is 1. The van der Waals surface area contributed by atoms with Gasteiger partial charge in [0.25, 0.3) is 10.0 Å². The van der Waals surface area contributed by atoms with Gasteiger partial charge in [0, 0.05) is 17.1 Å². The van der Waals surface area contributed by atoms with Gasteiger partial charge in [0.2, 0.25) is 0 Å². The topological polar surface area (TPSA) is 71.1 Å². The van der Waals surface area contributed by atoms with Crippen molar-refractivity contribution in [3.63, 3.8) is 0 Å². The summed E-state index contributed by atoms with van der Waals surface area (Å²) in [5, 5.41) is 4.19. The number of anilines is 2. The van der Waals surface area contributed by atoms with Crippen LogP contribution in [-0.4, -0.2) is 13.4 Å². The maximum atomic E-state index is 14.6. The Morgan fingerprint density at radius 1 is 1.19 bits per heavy atom. The maximum Gasteiger partial charge on any atom is 0.266 e. The van der Waals surface area contributed by atoms with E-state index >= 15 is 0 Å². The Balaban J connectivity index is 1.88. The van der Waals surface area contributed by atoms with Gasteiger partial charge < -0.3 is 5.32 Å². The molecule has 0 aliphatic rings. The lowest BCUT2D eigenvalue weighted by atomic mass is 10.1. The molecule has 0 radical (unpaired) electrons. The summed E-state index contributed by atoms with van der Waals surface area (Å²) in [4.78, 5) is 3.20. The summed E-state index contributed by atoms with van der Waals surface area (Å²) in [5.74, 6) is -1.52. The summed E-state index contributed by atoms with van der Waals surface area (Å²) in [7, 11) is -4.19. The minimum Gasteiger partial charge on any atom is -0.377 e. The number of nitrogens with zero attached hydrogens (tertiary/aromatic N) is 1. The van der Waals surface area contributed by atoms with E-state index in [4.69, 9.17) is 11.6 Å². The van der Waals surface area contributed by atoms with Crippen molar-refractivity contribution in [3.05, 3.63) is 70.2 Å². The van der Waals surface area contributed by atoms with Gasteiger partial charge in [-0.05, 0) is 25.1 Å². The van der Waals surface area contributed by atoms with Gasteiger partial charge in [0.1, 0.15) is 15.7 Å². The maximum absolute atomic E-state index is 14.6. The van der Waals surface area contributed by atoms with Crippen molar-refractivity contribution in [1.29, 1.82) is 0 Å². The Labute approximate surface area is 164 Å². The number of hydrogen-bond donors (Lipinski definition) is 2. The van der Waals surface area contributed by atoms with Gasteiger partial charge >= 0.3 is 0 Å². The highest BCUT2D eigenvalue weighted by atomic mass is 35.5. The first kappa shape index (κ1) is 19.5. The van der Waals surface area contributed by atoms with Gasteiger partial charge in [-0.1, -0.05) is 29.8 Å². The molecule has 3 aromatic rings. The lowest BCUT2D eigenvalue weighted by molar-refractivity contribution is 0.570. The van der Waals surface area contributed by atoms with Crippen LogP contribution in [0.2, 0.25) is 5.02 Å². The second-order valence-electron chi connectivity index (χ2n) is 5.57. The standard InChI is InChI=1S/C17H14ClF2N3O2S2/c1-10(11-4-2-3-5-12(11)19)22-13-6-7-14(16(20)15(13)18)27(24,25)23-17-21-8-9-26-17/h2-10,22H,1H3,(H,21,23)/t10-/m0/s1. The third kappa shape index (κ3) is 4.20. The summed E-state index contributed by atoms with van der Waals surface area (Å²) in [6.07, 6.45) is 1.42. The first-order valence-electron chi connectivity index (χ1n) is 7.71. The molecule has 10 heteroatoms. The van der Waals surface area contributed by atoms with Crippen LogP contribution in [0.15, 0.2) is 52.9 Å². The molecule has 0 saturated heterocycles. The van der Waals surface area contributed by atoms with E-state index in [0.717, 1.165) is 17.4 Å². The van der Waals surface area contributed by atoms with Crippen LogP contribution >= 0.6 is 22.9 Å². The fourth-order valence-electron chi connectivity index (χ4n) is 2.43. The van der Waals surface area contributed by atoms with Crippen molar-refractivity contribution < 1.29 is 17.2 Å². The zero-order valence-corrected chi connectivity index (χ0v) is 16.3. The lowest BCUT2D eigenvalue weighted by Crippen LogP contribution is -2.15. The van der Waals surface area contributed by atoms with Crippen LogP contribution in [-0.2, 0) is 10.0 Å². The fraction of sp³-hybridized carbons (Fsp3) is 0.118. The molecule has 2 N–H and O–H groups in total. The monoisotopic (exact) mass is 429 g/mol. The van der Waals surface area contributed by atoms with Crippen molar-refractivity contribution in [1.82, 2.24) is 4.98 Å². The number of rotatable bonds is 6. The summed E-state index contributed by atoms with van der Waals surface area (Å²) >= 11 is 7.08. The molecular weight excluding hydrogens is 416 g/mol. The molecular formula is C17H14ClF2N3O2S2. The Bertz CT molecular complexity index is 1060. The van der Waals surface area contributed by atoms with Crippen LogP contribution in [0, 0.1) is 11.6 Å². The number of sulfonamides is 1. The fourth-order valence-corrected chi connectivity index (χ4v) is 4.58. The van der Waals surface area contributed by atoms with Crippen LogP contribution < -0.4 is 10.0 Å². The van der Waals surface area contributed by atoms with Gasteiger partial charge in [-0.25, -0.2) is 22.2 Å². The first-order chi connectivity index (χ1) is 12.8. The van der Waals surface area contributed by atoms with E-state index in [9.17, 15) is 17.2 Å². The second-order valence-corrected chi connectivity index (χ2v) is 8.49. The number of nitrogens with one attached hydrogen (secondary N) is 2. The number of halogens is 3. The Morgan fingerprint density at radius 2 is 1.93 bits per heavy atom. The van der Waals surface area contributed by atoms with Crippen molar-refractivity contribution in [2.45, 2.75) is 17.9 Å². The Morgan fingerprint density at radius 3 is 2.59 bits per heavy atom. The average Bonchev–Trinajstić information content (AvgIpc) is 3.11. The van der Waals surface area contributed by atoms with E-state index in [0.29, 0.717) is 5.56 Å². The minimum atomic E-state index is -4.19.